The second-order valence-electron chi connectivity index (χ2n) is 5.23. The van der Waals surface area contributed by atoms with Gasteiger partial charge < -0.3 is 9.47 Å². The van der Waals surface area contributed by atoms with Crippen molar-refractivity contribution in [3.05, 3.63) is 83.9 Å². The Morgan fingerprint density at radius 1 is 0.958 bits per heavy atom. The number of rotatable bonds is 6. The van der Waals surface area contributed by atoms with Gasteiger partial charge in [0, 0.05) is 12.0 Å². The van der Waals surface area contributed by atoms with Gasteiger partial charge in [0.1, 0.15) is 0 Å². The number of hydrogen-bond donors (Lipinski definition) is 0. The van der Waals surface area contributed by atoms with Crippen LogP contribution < -0.4 is 0 Å². The van der Waals surface area contributed by atoms with Crippen LogP contribution in [0.25, 0.3) is 0 Å². The van der Waals surface area contributed by atoms with E-state index in [1.165, 1.54) is 17.2 Å². The van der Waals surface area contributed by atoms with Crippen molar-refractivity contribution in [2.24, 2.45) is 0 Å². The first-order valence-electron chi connectivity index (χ1n) is 7.77. The minimum atomic E-state index is -1.00. The summed E-state index contributed by atoms with van der Waals surface area (Å²) in [6, 6.07) is 20.5. The quantitative estimate of drug-likeness (QED) is 0.447. The van der Waals surface area contributed by atoms with E-state index in [0.717, 1.165) is 13.5 Å². The molecule has 2 aromatic carbocycles. The maximum absolute atomic E-state index is 11.4. The molecule has 0 saturated carbocycles. The Balaban J connectivity index is 2.00. The predicted octanol–water partition coefficient (Wildman–Crippen LogP) is 4.46. The van der Waals surface area contributed by atoms with Crippen LogP contribution in [0.1, 0.15) is 29.9 Å². The molecule has 2 rings (SSSR count). The lowest BCUT2D eigenvalue weighted by Crippen LogP contribution is -2.09. The van der Waals surface area contributed by atoms with Crippen molar-refractivity contribution < 1.29 is 19.1 Å². The maximum atomic E-state index is 11.4. The van der Waals surface area contributed by atoms with Crippen LogP contribution in [0.3, 0.4) is 0 Å². The van der Waals surface area contributed by atoms with Crippen molar-refractivity contribution in [2.75, 3.05) is 7.11 Å². The van der Waals surface area contributed by atoms with E-state index in [-0.39, 0.29) is 5.92 Å². The van der Waals surface area contributed by atoms with Gasteiger partial charge in [-0.15, -0.1) is 0 Å². The molecule has 0 bridgehead atoms. The highest BCUT2D eigenvalue weighted by atomic mass is 16.7. The van der Waals surface area contributed by atoms with Gasteiger partial charge in [-0.05, 0) is 24.0 Å². The molecule has 0 aliphatic carbocycles. The van der Waals surface area contributed by atoms with Crippen LogP contribution in [-0.4, -0.2) is 19.2 Å². The van der Waals surface area contributed by atoms with Crippen LogP contribution in [0.2, 0.25) is 0 Å². The fourth-order valence-corrected chi connectivity index (χ4v) is 2.50. The summed E-state index contributed by atoms with van der Waals surface area (Å²) in [7, 11) is 1.16. The Kier molecular flexibility index (Phi) is 6.77. The van der Waals surface area contributed by atoms with E-state index in [0.29, 0.717) is 6.42 Å². The van der Waals surface area contributed by atoms with Crippen molar-refractivity contribution in [1.82, 2.24) is 0 Å². The third kappa shape index (κ3) is 5.39. The largest absolute Gasteiger partial charge is 0.516 e. The zero-order valence-corrected chi connectivity index (χ0v) is 13.6. The highest BCUT2D eigenvalue weighted by Crippen LogP contribution is 2.29. The molecule has 0 heterocycles. The lowest BCUT2D eigenvalue weighted by molar-refractivity contribution is -0.133. The van der Waals surface area contributed by atoms with E-state index >= 15 is 0 Å². The van der Waals surface area contributed by atoms with E-state index in [9.17, 15) is 9.59 Å². The summed E-state index contributed by atoms with van der Waals surface area (Å²) in [5.74, 6) is -0.480. The van der Waals surface area contributed by atoms with Crippen molar-refractivity contribution in [1.29, 1.82) is 0 Å². The average Bonchev–Trinajstić information content (AvgIpc) is 2.63. The van der Waals surface area contributed by atoms with Gasteiger partial charge in [-0.1, -0.05) is 66.7 Å². The molecule has 0 unspecified atom stereocenters. The van der Waals surface area contributed by atoms with Gasteiger partial charge in [-0.2, -0.15) is 0 Å². The molecule has 4 nitrogen and oxygen atoms in total. The van der Waals surface area contributed by atoms with Gasteiger partial charge in [0.2, 0.25) is 0 Å². The van der Waals surface area contributed by atoms with Crippen LogP contribution >= 0.6 is 0 Å². The second-order valence-corrected chi connectivity index (χ2v) is 5.23. The van der Waals surface area contributed by atoms with Gasteiger partial charge >= 0.3 is 12.1 Å². The van der Waals surface area contributed by atoms with Crippen molar-refractivity contribution in [3.63, 3.8) is 0 Å². The fourth-order valence-electron chi connectivity index (χ4n) is 2.50. The molecule has 24 heavy (non-hydrogen) atoms. The number of methoxy groups -OCH3 is 1. The SMILES string of the molecule is COC(=O)OC(=O)C=CCCC(c1ccccc1)c1ccccc1. The summed E-state index contributed by atoms with van der Waals surface area (Å²) in [6.45, 7) is 0. The summed E-state index contributed by atoms with van der Waals surface area (Å²) in [5, 5.41) is 0. The van der Waals surface area contributed by atoms with Crippen molar-refractivity contribution in [3.8, 4) is 0 Å². The Morgan fingerprint density at radius 2 is 1.50 bits per heavy atom. The Labute approximate surface area is 141 Å². The lowest BCUT2D eigenvalue weighted by atomic mass is 9.87. The van der Waals surface area contributed by atoms with Crippen LogP contribution in [0.4, 0.5) is 4.79 Å². The molecule has 0 fully saturated rings. The molecule has 0 radical (unpaired) electrons. The summed E-state index contributed by atoms with van der Waals surface area (Å²) in [5.41, 5.74) is 2.46. The predicted molar refractivity (Wildman–Crippen MR) is 91.6 cm³/mol. The number of benzene rings is 2. The van der Waals surface area contributed by atoms with E-state index in [2.05, 4.69) is 33.7 Å². The molecule has 0 N–H and O–H groups in total. The highest BCUT2D eigenvalue weighted by molar-refractivity contribution is 5.89. The summed E-state index contributed by atoms with van der Waals surface area (Å²) in [4.78, 5) is 22.2. The van der Waals surface area contributed by atoms with E-state index in [1.807, 2.05) is 36.4 Å². The Morgan fingerprint density at radius 3 is 2.00 bits per heavy atom. The number of carbonyl (C=O) groups excluding carboxylic acids is 2. The van der Waals surface area contributed by atoms with Crippen LogP contribution in [0.5, 0.6) is 0 Å². The molecule has 0 atom stereocenters. The number of carbonyl (C=O) groups is 2. The van der Waals surface area contributed by atoms with Crippen LogP contribution in [0, 0.1) is 0 Å². The number of allylic oxidation sites excluding steroid dienone is 1. The Bertz CT molecular complexity index is 638. The molecule has 0 aromatic heterocycles. The average molecular weight is 324 g/mol. The highest BCUT2D eigenvalue weighted by Gasteiger charge is 2.13. The molecule has 0 aliphatic heterocycles. The van der Waals surface area contributed by atoms with E-state index in [4.69, 9.17) is 0 Å². The lowest BCUT2D eigenvalue weighted by Gasteiger charge is -2.17. The summed E-state index contributed by atoms with van der Waals surface area (Å²) >= 11 is 0. The molecule has 4 heteroatoms. The topological polar surface area (TPSA) is 52.6 Å². The van der Waals surface area contributed by atoms with Gasteiger partial charge in [-0.3, -0.25) is 0 Å². The minimum Gasteiger partial charge on any atom is -0.437 e. The van der Waals surface area contributed by atoms with Gasteiger partial charge in [0.05, 0.1) is 7.11 Å². The van der Waals surface area contributed by atoms with Crippen molar-refractivity contribution in [2.45, 2.75) is 18.8 Å². The molecule has 0 aliphatic rings. The molecule has 0 amide bonds. The van der Waals surface area contributed by atoms with Crippen molar-refractivity contribution >= 4 is 12.1 Å². The van der Waals surface area contributed by atoms with Gasteiger partial charge in [0.25, 0.3) is 0 Å². The smallest absolute Gasteiger partial charge is 0.437 e. The fraction of sp³-hybridized carbons (Fsp3) is 0.200. The zero-order chi connectivity index (χ0) is 17.2. The number of hydrogen-bond acceptors (Lipinski definition) is 4. The third-order valence-electron chi connectivity index (χ3n) is 3.63. The molecule has 124 valence electrons. The minimum absolute atomic E-state index is 0.244. The van der Waals surface area contributed by atoms with Gasteiger partial charge in [0.15, 0.2) is 0 Å². The standard InChI is InChI=1S/C20H20O4/c1-23-20(22)24-19(21)15-9-8-14-18(16-10-4-2-5-11-16)17-12-6-3-7-13-17/h2-7,9-13,15,18H,8,14H2,1H3. The first-order chi connectivity index (χ1) is 11.7. The monoisotopic (exact) mass is 324 g/mol. The maximum Gasteiger partial charge on any atom is 0.516 e. The van der Waals surface area contributed by atoms with E-state index in [1.54, 1.807) is 6.08 Å². The first-order valence-corrected chi connectivity index (χ1v) is 7.77. The molecular formula is C20H20O4. The molecule has 2 aromatic rings. The third-order valence-corrected chi connectivity index (χ3v) is 3.63. The molecular weight excluding hydrogens is 304 g/mol. The van der Waals surface area contributed by atoms with Gasteiger partial charge in [-0.25, -0.2) is 9.59 Å². The van der Waals surface area contributed by atoms with E-state index < -0.39 is 12.1 Å². The zero-order valence-electron chi connectivity index (χ0n) is 13.6. The molecule has 0 spiro atoms. The summed E-state index contributed by atoms with van der Waals surface area (Å²) < 4.78 is 8.65. The normalized spacial score (nSPS) is 10.8. The first kappa shape index (κ1) is 17.5. The Hall–Kier alpha value is -2.88. The number of ether oxygens (including phenoxy) is 2. The second kappa shape index (κ2) is 9.30. The summed E-state index contributed by atoms with van der Waals surface area (Å²) in [6.07, 6.45) is 3.49. The van der Waals surface area contributed by atoms with Crippen LogP contribution in [0.15, 0.2) is 72.8 Å². The number of esters is 1. The van der Waals surface area contributed by atoms with Crippen LogP contribution in [-0.2, 0) is 14.3 Å². The molecule has 0 saturated heterocycles.